The van der Waals surface area contributed by atoms with Crippen LogP contribution < -0.4 is 5.32 Å². The Bertz CT molecular complexity index is 382. The molecule has 0 saturated heterocycles. The Morgan fingerprint density at radius 2 is 2.24 bits per heavy atom. The van der Waals surface area contributed by atoms with Gasteiger partial charge >= 0.3 is 0 Å². The summed E-state index contributed by atoms with van der Waals surface area (Å²) in [4.78, 5) is 12.0. The number of nitrogens with one attached hydrogen (secondary N) is 1. The molecule has 0 aromatic heterocycles. The number of carbonyl (C=O) groups is 1. The first-order chi connectivity index (χ1) is 8.29. The number of carbonyl (C=O) groups excluding carboxylic acids is 1. The van der Waals surface area contributed by atoms with Crippen LogP contribution in [0.25, 0.3) is 0 Å². The topological polar surface area (TPSA) is 29.1 Å². The van der Waals surface area contributed by atoms with Gasteiger partial charge in [-0.2, -0.15) is 0 Å². The first kappa shape index (κ1) is 12.3. The Kier molecular flexibility index (Phi) is 4.32. The van der Waals surface area contributed by atoms with E-state index in [1.165, 1.54) is 18.4 Å². The van der Waals surface area contributed by atoms with Gasteiger partial charge in [-0.25, -0.2) is 0 Å². The van der Waals surface area contributed by atoms with Gasteiger partial charge in [0.2, 0.25) is 0 Å². The van der Waals surface area contributed by atoms with Crippen LogP contribution in [0, 0.1) is 0 Å². The molecule has 0 heterocycles. The summed E-state index contributed by atoms with van der Waals surface area (Å²) >= 11 is 0. The zero-order chi connectivity index (χ0) is 12.1. The van der Waals surface area contributed by atoms with Crippen molar-refractivity contribution in [3.63, 3.8) is 0 Å². The maximum atomic E-state index is 12.0. The molecule has 1 fully saturated rings. The van der Waals surface area contributed by atoms with Gasteiger partial charge in [-0.15, -0.1) is 0 Å². The molecule has 0 unspecified atom stereocenters. The lowest BCUT2D eigenvalue weighted by molar-refractivity contribution is 0.0982. The van der Waals surface area contributed by atoms with Crippen LogP contribution in [0.4, 0.5) is 0 Å². The van der Waals surface area contributed by atoms with E-state index in [4.69, 9.17) is 0 Å². The average molecular weight is 231 g/mol. The second-order valence-corrected chi connectivity index (χ2v) is 4.85. The molecule has 1 aromatic rings. The maximum absolute atomic E-state index is 12.0. The molecule has 1 aromatic carbocycles. The lowest BCUT2D eigenvalue weighted by Crippen LogP contribution is -2.20. The third-order valence-corrected chi connectivity index (χ3v) is 3.15. The zero-order valence-electron chi connectivity index (χ0n) is 10.5. The molecule has 2 rings (SSSR count). The first-order valence-corrected chi connectivity index (χ1v) is 6.65. The van der Waals surface area contributed by atoms with E-state index >= 15 is 0 Å². The van der Waals surface area contributed by atoms with Gasteiger partial charge in [-0.1, -0.05) is 31.5 Å². The second-order valence-electron chi connectivity index (χ2n) is 4.85. The minimum atomic E-state index is 0.260. The summed E-state index contributed by atoms with van der Waals surface area (Å²) in [6, 6.07) is 8.76. The summed E-state index contributed by atoms with van der Waals surface area (Å²) in [6.07, 6.45) is 5.36. The maximum Gasteiger partial charge on any atom is 0.164 e. The van der Waals surface area contributed by atoms with Crippen LogP contribution in [0.15, 0.2) is 24.3 Å². The molecule has 0 aliphatic heterocycles. The Labute approximate surface area is 103 Å². The van der Waals surface area contributed by atoms with E-state index < -0.39 is 0 Å². The number of benzene rings is 1. The van der Waals surface area contributed by atoms with Crippen LogP contribution >= 0.6 is 0 Å². The Hall–Kier alpha value is -1.15. The standard InChI is InChI=1S/C15H21NO/c1-2-4-12-5-3-6-13(11-12)15(17)9-10-16-14-7-8-14/h3,5-6,11,14,16H,2,4,7-10H2,1H3. The molecule has 1 N–H and O–H groups in total. The highest BCUT2D eigenvalue weighted by Crippen LogP contribution is 2.18. The van der Waals surface area contributed by atoms with Gasteiger partial charge in [-0.3, -0.25) is 4.79 Å². The van der Waals surface area contributed by atoms with Crippen molar-refractivity contribution in [3.05, 3.63) is 35.4 Å². The molecule has 2 nitrogen and oxygen atoms in total. The lowest BCUT2D eigenvalue weighted by atomic mass is 10.0. The molecule has 0 atom stereocenters. The fraction of sp³-hybridized carbons (Fsp3) is 0.533. The van der Waals surface area contributed by atoms with E-state index in [9.17, 15) is 4.79 Å². The first-order valence-electron chi connectivity index (χ1n) is 6.65. The van der Waals surface area contributed by atoms with Gasteiger partial charge in [0.25, 0.3) is 0 Å². The summed E-state index contributed by atoms with van der Waals surface area (Å²) in [5.74, 6) is 0.260. The van der Waals surface area contributed by atoms with Gasteiger partial charge in [-0.05, 0) is 30.9 Å². The van der Waals surface area contributed by atoms with Crippen LogP contribution in [0.2, 0.25) is 0 Å². The van der Waals surface area contributed by atoms with Crippen LogP contribution in [-0.2, 0) is 6.42 Å². The predicted octanol–water partition coefficient (Wildman–Crippen LogP) is 2.96. The highest BCUT2D eigenvalue weighted by molar-refractivity contribution is 5.96. The smallest absolute Gasteiger partial charge is 0.164 e. The number of Topliss-reactive ketones (excluding diaryl/α,β-unsaturated/α-hetero) is 1. The zero-order valence-corrected chi connectivity index (χ0v) is 10.5. The van der Waals surface area contributed by atoms with E-state index in [1.54, 1.807) is 0 Å². The van der Waals surface area contributed by atoms with E-state index in [0.717, 1.165) is 24.9 Å². The average Bonchev–Trinajstić information content (AvgIpc) is 3.14. The summed E-state index contributed by atoms with van der Waals surface area (Å²) in [7, 11) is 0. The second kappa shape index (κ2) is 5.97. The van der Waals surface area contributed by atoms with Gasteiger partial charge in [0.05, 0.1) is 0 Å². The highest BCUT2D eigenvalue weighted by atomic mass is 16.1. The van der Waals surface area contributed by atoms with Crippen molar-refractivity contribution in [2.45, 2.75) is 45.1 Å². The molecule has 2 heteroatoms. The molecule has 1 saturated carbocycles. The fourth-order valence-electron chi connectivity index (χ4n) is 2.01. The molecule has 92 valence electrons. The van der Waals surface area contributed by atoms with Crippen LogP contribution in [0.5, 0.6) is 0 Å². The van der Waals surface area contributed by atoms with Gasteiger partial charge < -0.3 is 5.32 Å². The summed E-state index contributed by atoms with van der Waals surface area (Å²) in [5, 5.41) is 3.38. The number of ketones is 1. The Morgan fingerprint density at radius 3 is 2.94 bits per heavy atom. The molecular formula is C15H21NO. The Balaban J connectivity index is 1.85. The number of hydrogen-bond acceptors (Lipinski definition) is 2. The summed E-state index contributed by atoms with van der Waals surface area (Å²) in [6.45, 7) is 2.98. The quantitative estimate of drug-likeness (QED) is 0.731. The molecule has 0 radical (unpaired) electrons. The Morgan fingerprint density at radius 1 is 1.41 bits per heavy atom. The SMILES string of the molecule is CCCc1cccc(C(=O)CCNC2CC2)c1. The fourth-order valence-corrected chi connectivity index (χ4v) is 2.01. The third-order valence-electron chi connectivity index (χ3n) is 3.15. The molecule has 0 amide bonds. The number of hydrogen-bond donors (Lipinski definition) is 1. The number of aryl methyl sites for hydroxylation is 1. The van der Waals surface area contributed by atoms with E-state index in [0.29, 0.717) is 12.5 Å². The molecular weight excluding hydrogens is 210 g/mol. The van der Waals surface area contributed by atoms with Gasteiger partial charge in [0.1, 0.15) is 0 Å². The van der Waals surface area contributed by atoms with Crippen molar-refractivity contribution in [2.24, 2.45) is 0 Å². The monoisotopic (exact) mass is 231 g/mol. The van der Waals surface area contributed by atoms with Crippen molar-refractivity contribution < 1.29 is 4.79 Å². The molecule has 1 aliphatic carbocycles. The largest absolute Gasteiger partial charge is 0.314 e. The van der Waals surface area contributed by atoms with Crippen LogP contribution in [0.3, 0.4) is 0 Å². The van der Waals surface area contributed by atoms with Crippen molar-refractivity contribution in [1.82, 2.24) is 5.32 Å². The van der Waals surface area contributed by atoms with E-state index in [2.05, 4.69) is 18.3 Å². The molecule has 1 aliphatic rings. The third kappa shape index (κ3) is 3.97. The van der Waals surface area contributed by atoms with Crippen LogP contribution in [0.1, 0.15) is 48.5 Å². The normalized spacial score (nSPS) is 14.9. The predicted molar refractivity (Wildman–Crippen MR) is 70.4 cm³/mol. The number of rotatable bonds is 7. The van der Waals surface area contributed by atoms with E-state index in [1.807, 2.05) is 18.2 Å². The minimum Gasteiger partial charge on any atom is -0.314 e. The van der Waals surface area contributed by atoms with Crippen molar-refractivity contribution in [1.29, 1.82) is 0 Å². The minimum absolute atomic E-state index is 0.260. The highest BCUT2D eigenvalue weighted by Gasteiger charge is 2.20. The lowest BCUT2D eigenvalue weighted by Gasteiger charge is -2.05. The summed E-state index contributed by atoms with van der Waals surface area (Å²) in [5.41, 5.74) is 2.14. The molecule has 0 spiro atoms. The van der Waals surface area contributed by atoms with Crippen molar-refractivity contribution in [3.8, 4) is 0 Å². The van der Waals surface area contributed by atoms with E-state index in [-0.39, 0.29) is 5.78 Å². The van der Waals surface area contributed by atoms with Crippen LogP contribution in [-0.4, -0.2) is 18.4 Å². The van der Waals surface area contributed by atoms with Gasteiger partial charge in [0.15, 0.2) is 5.78 Å². The van der Waals surface area contributed by atoms with Crippen molar-refractivity contribution >= 4 is 5.78 Å². The molecule has 0 bridgehead atoms. The van der Waals surface area contributed by atoms with Crippen molar-refractivity contribution in [2.75, 3.05) is 6.54 Å². The summed E-state index contributed by atoms with van der Waals surface area (Å²) < 4.78 is 0. The van der Waals surface area contributed by atoms with Gasteiger partial charge in [0, 0.05) is 24.6 Å². The molecule has 17 heavy (non-hydrogen) atoms.